The molecule has 0 aliphatic carbocycles. The number of carbonyl (C=O) groups is 1. The third-order valence-corrected chi connectivity index (χ3v) is 3.70. The van der Waals surface area contributed by atoms with E-state index < -0.39 is 0 Å². The van der Waals surface area contributed by atoms with Crippen molar-refractivity contribution in [2.24, 2.45) is 0 Å². The average molecular weight is 318 g/mol. The lowest BCUT2D eigenvalue weighted by Crippen LogP contribution is -2.31. The van der Waals surface area contributed by atoms with E-state index in [1.807, 2.05) is 6.92 Å². The van der Waals surface area contributed by atoms with E-state index >= 15 is 0 Å². The van der Waals surface area contributed by atoms with Crippen molar-refractivity contribution in [3.8, 4) is 5.75 Å². The Labute approximate surface area is 136 Å². The summed E-state index contributed by atoms with van der Waals surface area (Å²) in [4.78, 5) is 12.0. The van der Waals surface area contributed by atoms with Gasteiger partial charge in [-0.15, -0.1) is 0 Å². The van der Waals surface area contributed by atoms with Crippen LogP contribution in [0.2, 0.25) is 5.02 Å². The van der Waals surface area contributed by atoms with Crippen LogP contribution < -0.4 is 10.1 Å². The first-order valence-corrected chi connectivity index (χ1v) is 7.58. The molecule has 0 aliphatic rings. The topological polar surface area (TPSA) is 38.3 Å². The Balaban J connectivity index is 1.89. The quantitative estimate of drug-likeness (QED) is 0.897. The van der Waals surface area contributed by atoms with Crippen molar-refractivity contribution < 1.29 is 9.53 Å². The zero-order chi connectivity index (χ0) is 16.1. The predicted molar refractivity (Wildman–Crippen MR) is 89.4 cm³/mol. The van der Waals surface area contributed by atoms with Gasteiger partial charge >= 0.3 is 0 Å². The number of carbonyl (C=O) groups excluding carboxylic acids is 1. The highest BCUT2D eigenvalue weighted by molar-refractivity contribution is 6.30. The number of hydrogen-bond donors (Lipinski definition) is 1. The van der Waals surface area contributed by atoms with Gasteiger partial charge in [0.05, 0.1) is 6.04 Å². The van der Waals surface area contributed by atoms with Gasteiger partial charge in [-0.2, -0.15) is 0 Å². The van der Waals surface area contributed by atoms with E-state index in [2.05, 4.69) is 37.4 Å². The molecule has 0 spiro atoms. The maximum atomic E-state index is 12.0. The van der Waals surface area contributed by atoms with Crippen molar-refractivity contribution >= 4 is 17.5 Å². The maximum Gasteiger partial charge on any atom is 0.258 e. The summed E-state index contributed by atoms with van der Waals surface area (Å²) in [7, 11) is 0. The van der Waals surface area contributed by atoms with Crippen LogP contribution in [0.1, 0.15) is 29.7 Å². The Hall–Kier alpha value is -2.00. The molecule has 0 aromatic heterocycles. The number of amides is 1. The number of aryl methyl sites for hydroxylation is 2. The molecule has 2 aromatic rings. The molecule has 0 bridgehead atoms. The Morgan fingerprint density at radius 1 is 1.18 bits per heavy atom. The molecule has 1 N–H and O–H groups in total. The summed E-state index contributed by atoms with van der Waals surface area (Å²) < 4.78 is 5.44. The molecule has 1 amide bonds. The molecule has 0 saturated carbocycles. The molecule has 2 rings (SSSR count). The fourth-order valence-corrected chi connectivity index (χ4v) is 2.48. The molecule has 0 radical (unpaired) electrons. The van der Waals surface area contributed by atoms with Crippen LogP contribution in [0.15, 0.2) is 42.5 Å². The van der Waals surface area contributed by atoms with Crippen LogP contribution in [0.5, 0.6) is 5.75 Å². The molecular formula is C18H20ClNO2. The molecule has 0 heterocycles. The number of rotatable bonds is 5. The van der Waals surface area contributed by atoms with Gasteiger partial charge in [-0.1, -0.05) is 35.4 Å². The number of halogens is 1. The van der Waals surface area contributed by atoms with Crippen LogP contribution in [0.3, 0.4) is 0 Å². The van der Waals surface area contributed by atoms with Gasteiger partial charge in [0.25, 0.3) is 5.91 Å². The summed E-state index contributed by atoms with van der Waals surface area (Å²) >= 11 is 5.80. The van der Waals surface area contributed by atoms with Crippen molar-refractivity contribution in [3.63, 3.8) is 0 Å². The Morgan fingerprint density at radius 2 is 1.86 bits per heavy atom. The molecule has 116 valence electrons. The normalized spacial score (nSPS) is 11.8. The van der Waals surface area contributed by atoms with Gasteiger partial charge in [0, 0.05) is 5.02 Å². The largest absolute Gasteiger partial charge is 0.484 e. The average Bonchev–Trinajstić information content (AvgIpc) is 2.46. The number of benzene rings is 2. The van der Waals surface area contributed by atoms with Gasteiger partial charge in [0.1, 0.15) is 5.75 Å². The van der Waals surface area contributed by atoms with Crippen molar-refractivity contribution in [1.82, 2.24) is 5.32 Å². The van der Waals surface area contributed by atoms with E-state index in [-0.39, 0.29) is 18.6 Å². The molecule has 2 aromatic carbocycles. The van der Waals surface area contributed by atoms with Crippen LogP contribution in [0.25, 0.3) is 0 Å². The fourth-order valence-electron chi connectivity index (χ4n) is 2.35. The van der Waals surface area contributed by atoms with Gasteiger partial charge in [0.2, 0.25) is 0 Å². The third-order valence-electron chi connectivity index (χ3n) is 3.45. The molecule has 1 unspecified atom stereocenters. The van der Waals surface area contributed by atoms with Crippen molar-refractivity contribution in [2.75, 3.05) is 6.61 Å². The lowest BCUT2D eigenvalue weighted by molar-refractivity contribution is -0.123. The van der Waals surface area contributed by atoms with Crippen LogP contribution in [0.4, 0.5) is 0 Å². The SMILES string of the molecule is Cc1ccc(C(C)NC(=O)COc2ccc(Cl)cc2)c(C)c1. The van der Waals surface area contributed by atoms with E-state index in [4.69, 9.17) is 16.3 Å². The highest BCUT2D eigenvalue weighted by atomic mass is 35.5. The van der Waals surface area contributed by atoms with Crippen molar-refractivity contribution in [2.45, 2.75) is 26.8 Å². The zero-order valence-electron chi connectivity index (χ0n) is 13.0. The first kappa shape index (κ1) is 16.4. The molecule has 3 nitrogen and oxygen atoms in total. The summed E-state index contributed by atoms with van der Waals surface area (Å²) in [5.41, 5.74) is 3.50. The van der Waals surface area contributed by atoms with E-state index in [9.17, 15) is 4.79 Å². The fraction of sp³-hybridized carbons (Fsp3) is 0.278. The standard InChI is InChI=1S/C18H20ClNO2/c1-12-4-9-17(13(2)10-12)14(3)20-18(21)11-22-16-7-5-15(19)6-8-16/h4-10,14H,11H2,1-3H3,(H,20,21). The summed E-state index contributed by atoms with van der Waals surface area (Å²) in [6, 6.07) is 13.1. The summed E-state index contributed by atoms with van der Waals surface area (Å²) in [5.74, 6) is 0.473. The molecule has 1 atom stereocenters. The van der Waals surface area contributed by atoms with Crippen molar-refractivity contribution in [1.29, 1.82) is 0 Å². The smallest absolute Gasteiger partial charge is 0.258 e. The van der Waals surface area contributed by atoms with Crippen molar-refractivity contribution in [3.05, 3.63) is 64.2 Å². The van der Waals surface area contributed by atoms with E-state index in [0.717, 1.165) is 5.56 Å². The number of hydrogen-bond acceptors (Lipinski definition) is 2. The summed E-state index contributed by atoms with van der Waals surface area (Å²) in [6.45, 7) is 6.06. The minimum absolute atomic E-state index is 0.0170. The Morgan fingerprint density at radius 3 is 2.50 bits per heavy atom. The second-order valence-corrected chi connectivity index (χ2v) is 5.83. The molecule has 4 heteroatoms. The zero-order valence-corrected chi connectivity index (χ0v) is 13.8. The number of nitrogens with one attached hydrogen (secondary N) is 1. The van der Waals surface area contributed by atoms with Crippen LogP contribution in [0, 0.1) is 13.8 Å². The Kier molecular flexibility index (Phi) is 5.45. The van der Waals surface area contributed by atoms with Gasteiger partial charge in [-0.05, 0) is 56.2 Å². The predicted octanol–water partition coefficient (Wildman–Crippen LogP) is 4.21. The highest BCUT2D eigenvalue weighted by Crippen LogP contribution is 2.19. The van der Waals surface area contributed by atoms with E-state index in [1.54, 1.807) is 24.3 Å². The minimum atomic E-state index is -0.151. The minimum Gasteiger partial charge on any atom is -0.484 e. The molecule has 0 saturated heterocycles. The summed E-state index contributed by atoms with van der Waals surface area (Å²) in [5, 5.41) is 3.59. The maximum absolute atomic E-state index is 12.0. The monoisotopic (exact) mass is 317 g/mol. The first-order valence-electron chi connectivity index (χ1n) is 7.20. The third kappa shape index (κ3) is 4.50. The lowest BCUT2D eigenvalue weighted by atomic mass is 10.0. The molecule has 22 heavy (non-hydrogen) atoms. The van der Waals surface area contributed by atoms with Crippen LogP contribution >= 0.6 is 11.6 Å². The Bertz CT molecular complexity index is 653. The van der Waals surface area contributed by atoms with Crippen LogP contribution in [-0.4, -0.2) is 12.5 Å². The lowest BCUT2D eigenvalue weighted by Gasteiger charge is -2.17. The second kappa shape index (κ2) is 7.32. The van der Waals surface area contributed by atoms with E-state index in [1.165, 1.54) is 11.1 Å². The first-order chi connectivity index (χ1) is 10.5. The summed E-state index contributed by atoms with van der Waals surface area (Å²) in [6.07, 6.45) is 0. The highest BCUT2D eigenvalue weighted by Gasteiger charge is 2.12. The van der Waals surface area contributed by atoms with E-state index in [0.29, 0.717) is 10.8 Å². The van der Waals surface area contributed by atoms with Gasteiger partial charge in [-0.3, -0.25) is 4.79 Å². The van der Waals surface area contributed by atoms with Gasteiger partial charge in [-0.25, -0.2) is 0 Å². The van der Waals surface area contributed by atoms with Gasteiger partial charge in [0.15, 0.2) is 6.61 Å². The number of ether oxygens (including phenoxy) is 1. The van der Waals surface area contributed by atoms with Gasteiger partial charge < -0.3 is 10.1 Å². The van der Waals surface area contributed by atoms with Crippen LogP contribution in [-0.2, 0) is 4.79 Å². The molecular weight excluding hydrogens is 298 g/mol. The second-order valence-electron chi connectivity index (χ2n) is 5.39. The molecule has 0 aliphatic heterocycles. The molecule has 0 fully saturated rings.